The molecule has 0 amide bonds. The first kappa shape index (κ1) is 13.4. The van der Waals surface area contributed by atoms with Gasteiger partial charge in [0.25, 0.3) is 0 Å². The molecule has 0 saturated carbocycles. The molecule has 0 aromatic rings. The van der Waals surface area contributed by atoms with Gasteiger partial charge in [0.2, 0.25) is 0 Å². The molecule has 0 saturated heterocycles. The summed E-state index contributed by atoms with van der Waals surface area (Å²) in [6.45, 7) is 6.02. The molecular formula is C10H21NO3. The first-order valence-corrected chi connectivity index (χ1v) is 5.11. The summed E-state index contributed by atoms with van der Waals surface area (Å²) in [5.74, 6) is -0.237. The van der Waals surface area contributed by atoms with Crippen LogP contribution in [0.25, 0.3) is 0 Å². The van der Waals surface area contributed by atoms with Crippen molar-refractivity contribution in [1.29, 1.82) is 0 Å². The van der Waals surface area contributed by atoms with Crippen molar-refractivity contribution < 1.29 is 14.3 Å². The van der Waals surface area contributed by atoms with Crippen molar-refractivity contribution in [3.05, 3.63) is 0 Å². The molecule has 0 aliphatic rings. The molecule has 0 aromatic carbocycles. The Morgan fingerprint density at radius 3 is 2.71 bits per heavy atom. The number of carbonyl (C=O) groups excluding carboxylic acids is 1. The van der Waals surface area contributed by atoms with Crippen LogP contribution in [0.15, 0.2) is 0 Å². The third-order valence-electron chi connectivity index (χ3n) is 1.89. The van der Waals surface area contributed by atoms with E-state index in [1.165, 1.54) is 7.11 Å². The van der Waals surface area contributed by atoms with Crippen LogP contribution < -0.4 is 5.32 Å². The lowest BCUT2D eigenvalue weighted by atomic mass is 10.3. The van der Waals surface area contributed by atoms with E-state index in [1.807, 2.05) is 0 Å². The van der Waals surface area contributed by atoms with Crippen LogP contribution in [0.3, 0.4) is 0 Å². The molecule has 14 heavy (non-hydrogen) atoms. The van der Waals surface area contributed by atoms with Crippen LogP contribution in [0.4, 0.5) is 0 Å². The van der Waals surface area contributed by atoms with Gasteiger partial charge < -0.3 is 14.8 Å². The molecule has 0 fully saturated rings. The molecule has 0 aliphatic heterocycles. The van der Waals surface area contributed by atoms with E-state index in [9.17, 15) is 4.79 Å². The lowest BCUT2D eigenvalue weighted by Gasteiger charge is -2.11. The van der Waals surface area contributed by atoms with E-state index in [4.69, 9.17) is 4.74 Å². The number of carbonyl (C=O) groups is 1. The summed E-state index contributed by atoms with van der Waals surface area (Å²) in [4.78, 5) is 11.0. The number of esters is 1. The SMILES string of the molecule is CCCCOCCNC(C)C(=O)OC. The maximum Gasteiger partial charge on any atom is 0.322 e. The number of unbranched alkanes of at least 4 members (excludes halogenated alkanes) is 1. The highest BCUT2D eigenvalue weighted by molar-refractivity contribution is 5.74. The van der Waals surface area contributed by atoms with E-state index in [2.05, 4.69) is 17.0 Å². The van der Waals surface area contributed by atoms with Gasteiger partial charge in [-0.3, -0.25) is 4.79 Å². The molecule has 0 radical (unpaired) electrons. The molecule has 1 N–H and O–H groups in total. The van der Waals surface area contributed by atoms with Crippen LogP contribution in [0.5, 0.6) is 0 Å². The van der Waals surface area contributed by atoms with Gasteiger partial charge in [-0.2, -0.15) is 0 Å². The minimum atomic E-state index is -0.255. The average molecular weight is 203 g/mol. The fourth-order valence-electron chi connectivity index (χ4n) is 0.956. The predicted octanol–water partition coefficient (Wildman–Crippen LogP) is 0.954. The molecule has 4 heteroatoms. The van der Waals surface area contributed by atoms with Gasteiger partial charge in [0, 0.05) is 13.2 Å². The van der Waals surface area contributed by atoms with Crippen molar-refractivity contribution in [2.75, 3.05) is 26.9 Å². The van der Waals surface area contributed by atoms with Gasteiger partial charge in [0.1, 0.15) is 6.04 Å². The second-order valence-electron chi connectivity index (χ2n) is 3.16. The van der Waals surface area contributed by atoms with Crippen LogP contribution >= 0.6 is 0 Å². The molecule has 0 aromatic heterocycles. The number of methoxy groups -OCH3 is 1. The van der Waals surface area contributed by atoms with E-state index >= 15 is 0 Å². The Hall–Kier alpha value is -0.610. The number of rotatable bonds is 8. The summed E-state index contributed by atoms with van der Waals surface area (Å²) in [6, 6.07) is -0.255. The number of hydrogen-bond donors (Lipinski definition) is 1. The smallest absolute Gasteiger partial charge is 0.322 e. The summed E-state index contributed by atoms with van der Waals surface area (Å²) in [6.07, 6.45) is 2.23. The van der Waals surface area contributed by atoms with Gasteiger partial charge in [-0.15, -0.1) is 0 Å². The predicted molar refractivity (Wildman–Crippen MR) is 55.2 cm³/mol. The number of hydrogen-bond acceptors (Lipinski definition) is 4. The van der Waals surface area contributed by atoms with E-state index in [0.29, 0.717) is 13.2 Å². The highest BCUT2D eigenvalue weighted by Crippen LogP contribution is 1.88. The molecule has 84 valence electrons. The van der Waals surface area contributed by atoms with Gasteiger partial charge in [-0.25, -0.2) is 0 Å². The summed E-state index contributed by atoms with van der Waals surface area (Å²) < 4.78 is 9.89. The van der Waals surface area contributed by atoms with Crippen molar-refractivity contribution >= 4 is 5.97 Å². The summed E-state index contributed by atoms with van der Waals surface area (Å²) >= 11 is 0. The van der Waals surface area contributed by atoms with Crippen molar-refractivity contribution in [3.8, 4) is 0 Å². The molecule has 0 bridgehead atoms. The third-order valence-corrected chi connectivity index (χ3v) is 1.89. The molecule has 0 spiro atoms. The van der Waals surface area contributed by atoms with E-state index in [1.54, 1.807) is 6.92 Å². The summed E-state index contributed by atoms with van der Waals surface area (Å²) in [5.41, 5.74) is 0. The minimum absolute atomic E-state index is 0.237. The van der Waals surface area contributed by atoms with Crippen LogP contribution in [0, 0.1) is 0 Å². The Morgan fingerprint density at radius 1 is 1.43 bits per heavy atom. The number of nitrogens with one attached hydrogen (secondary N) is 1. The lowest BCUT2D eigenvalue weighted by Crippen LogP contribution is -2.36. The van der Waals surface area contributed by atoms with Crippen molar-refractivity contribution in [2.45, 2.75) is 32.7 Å². The van der Waals surface area contributed by atoms with Gasteiger partial charge in [0.05, 0.1) is 13.7 Å². The highest BCUT2D eigenvalue weighted by atomic mass is 16.5. The van der Waals surface area contributed by atoms with Gasteiger partial charge in [0.15, 0.2) is 0 Å². The van der Waals surface area contributed by atoms with E-state index in [0.717, 1.165) is 19.4 Å². The third kappa shape index (κ3) is 6.86. The Morgan fingerprint density at radius 2 is 2.14 bits per heavy atom. The number of ether oxygens (including phenoxy) is 2. The first-order chi connectivity index (χ1) is 6.72. The maximum atomic E-state index is 11.0. The van der Waals surface area contributed by atoms with E-state index < -0.39 is 0 Å². The van der Waals surface area contributed by atoms with Crippen molar-refractivity contribution in [1.82, 2.24) is 5.32 Å². The Kier molecular flexibility index (Phi) is 8.57. The largest absolute Gasteiger partial charge is 0.468 e. The molecule has 0 rings (SSSR count). The minimum Gasteiger partial charge on any atom is -0.468 e. The summed E-state index contributed by atoms with van der Waals surface area (Å²) in [7, 11) is 1.39. The van der Waals surface area contributed by atoms with Crippen molar-refractivity contribution in [2.24, 2.45) is 0 Å². The molecule has 4 nitrogen and oxygen atoms in total. The second kappa shape index (κ2) is 8.97. The highest BCUT2D eigenvalue weighted by Gasteiger charge is 2.10. The van der Waals surface area contributed by atoms with Gasteiger partial charge in [-0.05, 0) is 13.3 Å². The molecule has 0 aliphatic carbocycles. The van der Waals surface area contributed by atoms with Gasteiger partial charge in [-0.1, -0.05) is 13.3 Å². The maximum absolute atomic E-state index is 11.0. The summed E-state index contributed by atoms with van der Waals surface area (Å²) in [5, 5.41) is 3.01. The monoisotopic (exact) mass is 203 g/mol. The van der Waals surface area contributed by atoms with Crippen LogP contribution in [0.2, 0.25) is 0 Å². The van der Waals surface area contributed by atoms with Crippen LogP contribution in [0.1, 0.15) is 26.7 Å². The van der Waals surface area contributed by atoms with Crippen molar-refractivity contribution in [3.63, 3.8) is 0 Å². The standard InChI is InChI=1S/C10H21NO3/c1-4-5-7-14-8-6-11-9(2)10(12)13-3/h9,11H,4-8H2,1-3H3. The molecule has 0 heterocycles. The first-order valence-electron chi connectivity index (χ1n) is 5.11. The topological polar surface area (TPSA) is 47.6 Å². The van der Waals surface area contributed by atoms with Gasteiger partial charge >= 0.3 is 5.97 Å². The van der Waals surface area contributed by atoms with Crippen LogP contribution in [-0.4, -0.2) is 38.9 Å². The van der Waals surface area contributed by atoms with E-state index in [-0.39, 0.29) is 12.0 Å². The quantitative estimate of drug-likeness (QED) is 0.471. The lowest BCUT2D eigenvalue weighted by molar-refractivity contribution is -0.142. The Balaban J connectivity index is 3.23. The zero-order chi connectivity index (χ0) is 10.8. The second-order valence-corrected chi connectivity index (χ2v) is 3.16. The zero-order valence-corrected chi connectivity index (χ0v) is 9.34. The van der Waals surface area contributed by atoms with Crippen LogP contribution in [-0.2, 0) is 14.3 Å². The molecule has 1 unspecified atom stereocenters. The molecule has 1 atom stereocenters. The average Bonchev–Trinajstić information content (AvgIpc) is 2.21. The Labute approximate surface area is 86.0 Å². The normalized spacial score (nSPS) is 12.5. The Bertz CT molecular complexity index is 150. The fraction of sp³-hybridized carbons (Fsp3) is 0.900. The fourth-order valence-corrected chi connectivity index (χ4v) is 0.956. The zero-order valence-electron chi connectivity index (χ0n) is 9.34. The molecular weight excluding hydrogens is 182 g/mol.